The SMILES string of the molecule is N#Cc1cc(-c2cc(-c3ccccc3)cc(-c3ccccc3)n2)c(-n2c3ccccc3c3ccc(C#N)cc32)c(-c2cc(-c3ccccc3)nc(-c3ccccc3)n2)c1. The molecule has 0 saturated heterocycles. The van der Waals surface area contributed by atoms with Crippen molar-refractivity contribution in [2.24, 2.45) is 0 Å². The summed E-state index contributed by atoms with van der Waals surface area (Å²) >= 11 is 0. The Balaban J connectivity index is 1.37. The molecule has 7 aromatic carbocycles. The van der Waals surface area contributed by atoms with Crippen molar-refractivity contribution in [3.8, 4) is 85.4 Å². The van der Waals surface area contributed by atoms with Crippen molar-refractivity contribution < 1.29 is 0 Å². The largest absolute Gasteiger partial charge is 0.308 e. The lowest BCUT2D eigenvalue weighted by Gasteiger charge is -2.20. The molecule has 0 amide bonds. The predicted molar refractivity (Wildman–Crippen MR) is 236 cm³/mol. The molecular weight excluding hydrogens is 721 g/mol. The number of aromatic nitrogens is 4. The fourth-order valence-corrected chi connectivity index (χ4v) is 7.89. The van der Waals surface area contributed by atoms with E-state index in [2.05, 4.69) is 65.2 Å². The standard InChI is InChI=1S/C53H32N6/c54-33-35-25-26-43-42-23-13-14-24-50(42)59(51(43)29-35)52-44(48-31-41(37-15-5-1-6-16-37)30-46(56-48)38-17-7-2-8-18-38)27-36(34-55)28-45(52)49-32-47(39-19-9-3-10-20-39)57-53(58-49)40-21-11-4-12-22-40/h1-32H. The summed E-state index contributed by atoms with van der Waals surface area (Å²) < 4.78 is 2.21. The van der Waals surface area contributed by atoms with Crippen LogP contribution in [0.15, 0.2) is 194 Å². The normalized spacial score (nSPS) is 11.0. The number of nitriles is 2. The number of benzene rings is 7. The molecule has 10 aromatic rings. The summed E-state index contributed by atoms with van der Waals surface area (Å²) in [5, 5.41) is 23.0. The van der Waals surface area contributed by atoms with E-state index < -0.39 is 0 Å². The molecular formula is C53H32N6. The van der Waals surface area contributed by atoms with E-state index in [0.717, 1.165) is 72.3 Å². The maximum absolute atomic E-state index is 10.8. The molecule has 6 nitrogen and oxygen atoms in total. The number of fused-ring (bicyclic) bond motifs is 3. The van der Waals surface area contributed by atoms with Gasteiger partial charge >= 0.3 is 0 Å². The van der Waals surface area contributed by atoms with Gasteiger partial charge in [0.25, 0.3) is 0 Å². The van der Waals surface area contributed by atoms with E-state index in [1.165, 1.54) is 0 Å². The van der Waals surface area contributed by atoms with Gasteiger partial charge in [0.2, 0.25) is 0 Å². The molecule has 274 valence electrons. The summed E-state index contributed by atoms with van der Waals surface area (Å²) in [5.41, 5.74) is 12.7. The van der Waals surface area contributed by atoms with Crippen LogP contribution in [-0.4, -0.2) is 19.5 Å². The molecule has 59 heavy (non-hydrogen) atoms. The summed E-state index contributed by atoms with van der Waals surface area (Å²) in [7, 11) is 0. The Labute approximate surface area is 341 Å². The van der Waals surface area contributed by atoms with Crippen LogP contribution in [0.4, 0.5) is 0 Å². The van der Waals surface area contributed by atoms with Crippen LogP contribution in [0.25, 0.3) is 95.0 Å². The molecule has 0 N–H and O–H groups in total. The number of pyridine rings is 1. The topological polar surface area (TPSA) is 91.2 Å². The molecule has 0 unspecified atom stereocenters. The molecule has 0 aliphatic heterocycles. The molecule has 0 saturated carbocycles. The molecule has 3 heterocycles. The van der Waals surface area contributed by atoms with Gasteiger partial charge in [-0.15, -0.1) is 0 Å². The second kappa shape index (κ2) is 14.9. The van der Waals surface area contributed by atoms with Gasteiger partial charge in [-0.25, -0.2) is 15.0 Å². The van der Waals surface area contributed by atoms with Crippen molar-refractivity contribution in [2.45, 2.75) is 0 Å². The third-order valence-corrected chi connectivity index (χ3v) is 10.6. The Hall–Kier alpha value is -8.45. The molecule has 0 radical (unpaired) electrons. The van der Waals surface area contributed by atoms with Gasteiger partial charge in [-0.05, 0) is 59.7 Å². The second-order valence-corrected chi connectivity index (χ2v) is 14.3. The van der Waals surface area contributed by atoms with Crippen molar-refractivity contribution in [1.29, 1.82) is 10.5 Å². The third-order valence-electron chi connectivity index (χ3n) is 10.6. The van der Waals surface area contributed by atoms with Gasteiger partial charge in [0.15, 0.2) is 5.82 Å². The number of nitrogens with zero attached hydrogens (tertiary/aromatic N) is 6. The number of para-hydroxylation sites is 1. The molecule has 3 aromatic heterocycles. The molecule has 0 bridgehead atoms. The van der Waals surface area contributed by atoms with Gasteiger partial charge < -0.3 is 4.57 Å². The first-order valence-electron chi connectivity index (χ1n) is 19.3. The van der Waals surface area contributed by atoms with Crippen LogP contribution >= 0.6 is 0 Å². The molecule has 0 aliphatic rings. The Morgan fingerprint density at radius 1 is 0.356 bits per heavy atom. The lowest BCUT2D eigenvalue weighted by molar-refractivity contribution is 1.14. The van der Waals surface area contributed by atoms with Gasteiger partial charge in [0.05, 0.1) is 62.8 Å². The van der Waals surface area contributed by atoms with Crippen LogP contribution in [-0.2, 0) is 0 Å². The van der Waals surface area contributed by atoms with Gasteiger partial charge in [-0.3, -0.25) is 0 Å². The molecule has 6 heteroatoms. The van der Waals surface area contributed by atoms with Crippen LogP contribution in [0.1, 0.15) is 11.1 Å². The third kappa shape index (κ3) is 6.47. The van der Waals surface area contributed by atoms with Gasteiger partial charge in [-0.1, -0.05) is 146 Å². The van der Waals surface area contributed by atoms with Crippen molar-refractivity contribution in [2.75, 3.05) is 0 Å². The van der Waals surface area contributed by atoms with Crippen molar-refractivity contribution in [1.82, 2.24) is 19.5 Å². The highest BCUT2D eigenvalue weighted by atomic mass is 15.0. The zero-order valence-electron chi connectivity index (χ0n) is 31.7. The zero-order valence-corrected chi connectivity index (χ0v) is 31.7. The van der Waals surface area contributed by atoms with Crippen LogP contribution < -0.4 is 0 Å². The first-order chi connectivity index (χ1) is 29.1. The van der Waals surface area contributed by atoms with E-state index in [9.17, 15) is 10.5 Å². The summed E-state index contributed by atoms with van der Waals surface area (Å²) in [5.74, 6) is 0.557. The monoisotopic (exact) mass is 752 g/mol. The fourth-order valence-electron chi connectivity index (χ4n) is 7.89. The Morgan fingerprint density at radius 3 is 1.47 bits per heavy atom. The number of rotatable bonds is 7. The van der Waals surface area contributed by atoms with E-state index in [4.69, 9.17) is 15.0 Å². The van der Waals surface area contributed by atoms with Crippen LogP contribution in [0.3, 0.4) is 0 Å². The summed E-state index contributed by atoms with van der Waals surface area (Å²) in [6, 6.07) is 69.4. The minimum atomic E-state index is 0.451. The highest BCUT2D eigenvalue weighted by Crippen LogP contribution is 2.43. The van der Waals surface area contributed by atoms with E-state index in [-0.39, 0.29) is 0 Å². The van der Waals surface area contributed by atoms with Crippen LogP contribution in [0.5, 0.6) is 0 Å². The maximum Gasteiger partial charge on any atom is 0.160 e. The minimum Gasteiger partial charge on any atom is -0.308 e. The van der Waals surface area contributed by atoms with E-state index in [1.807, 2.05) is 146 Å². The average Bonchev–Trinajstić information content (AvgIpc) is 3.65. The van der Waals surface area contributed by atoms with Crippen molar-refractivity contribution >= 4 is 21.8 Å². The molecule has 0 spiro atoms. The summed E-state index contributed by atoms with van der Waals surface area (Å²) in [6.07, 6.45) is 0. The fraction of sp³-hybridized carbons (Fsp3) is 0. The smallest absolute Gasteiger partial charge is 0.160 e. The van der Waals surface area contributed by atoms with Crippen molar-refractivity contribution in [3.63, 3.8) is 0 Å². The van der Waals surface area contributed by atoms with E-state index >= 15 is 0 Å². The highest BCUT2D eigenvalue weighted by molar-refractivity contribution is 6.11. The highest BCUT2D eigenvalue weighted by Gasteiger charge is 2.25. The lowest BCUT2D eigenvalue weighted by Crippen LogP contribution is -2.05. The Kier molecular flexibility index (Phi) is 8.84. The Bertz CT molecular complexity index is 3010. The minimum absolute atomic E-state index is 0.451. The molecule has 0 fully saturated rings. The quantitative estimate of drug-likeness (QED) is 0.162. The lowest BCUT2D eigenvalue weighted by atomic mass is 9.94. The second-order valence-electron chi connectivity index (χ2n) is 14.3. The molecule has 0 atom stereocenters. The number of hydrogen-bond donors (Lipinski definition) is 0. The van der Waals surface area contributed by atoms with E-state index in [1.54, 1.807) is 0 Å². The van der Waals surface area contributed by atoms with E-state index in [0.29, 0.717) is 33.9 Å². The first kappa shape index (κ1) is 35.0. The zero-order chi connectivity index (χ0) is 39.7. The van der Waals surface area contributed by atoms with Gasteiger partial charge in [0, 0.05) is 38.6 Å². The van der Waals surface area contributed by atoms with Gasteiger partial charge in [0.1, 0.15) is 0 Å². The summed E-state index contributed by atoms with van der Waals surface area (Å²) in [4.78, 5) is 15.8. The van der Waals surface area contributed by atoms with Crippen LogP contribution in [0.2, 0.25) is 0 Å². The summed E-state index contributed by atoms with van der Waals surface area (Å²) in [6.45, 7) is 0. The average molecular weight is 753 g/mol. The maximum atomic E-state index is 10.8. The van der Waals surface area contributed by atoms with Crippen LogP contribution in [0, 0.1) is 22.7 Å². The first-order valence-corrected chi connectivity index (χ1v) is 19.3. The predicted octanol–water partition coefficient (Wildman–Crippen LogP) is 12.7. The molecule has 0 aliphatic carbocycles. The van der Waals surface area contributed by atoms with Gasteiger partial charge in [-0.2, -0.15) is 10.5 Å². The number of hydrogen-bond acceptors (Lipinski definition) is 5. The Morgan fingerprint density at radius 2 is 0.847 bits per heavy atom. The molecule has 10 rings (SSSR count). The van der Waals surface area contributed by atoms with Crippen molar-refractivity contribution in [3.05, 3.63) is 205 Å².